The molecule has 2 aromatic rings. The molecule has 0 fully saturated rings. The molecule has 0 aliphatic heterocycles. The molecule has 0 bridgehead atoms. The van der Waals surface area contributed by atoms with Crippen molar-refractivity contribution < 1.29 is 4.79 Å². The molecular formula is C13H17N5O. The number of aromatic nitrogens is 2. The second-order valence-electron chi connectivity index (χ2n) is 4.37. The largest absolute Gasteiger partial charge is 0.399 e. The van der Waals surface area contributed by atoms with E-state index in [1.54, 1.807) is 22.9 Å². The molecule has 0 spiro atoms. The third-order valence-electron chi connectivity index (χ3n) is 2.80. The Balaban J connectivity index is 2.01. The van der Waals surface area contributed by atoms with Crippen LogP contribution in [0.5, 0.6) is 0 Å². The average molecular weight is 259 g/mol. The molecule has 5 N–H and O–H groups in total. The van der Waals surface area contributed by atoms with Gasteiger partial charge in [0.25, 0.3) is 5.91 Å². The highest BCUT2D eigenvalue weighted by molar-refractivity contribution is 5.99. The summed E-state index contributed by atoms with van der Waals surface area (Å²) in [5.74, 6) is -0.490. The zero-order chi connectivity index (χ0) is 13.8. The molecule has 2 rings (SSSR count). The van der Waals surface area contributed by atoms with Crippen LogP contribution in [0.3, 0.4) is 0 Å². The molecule has 19 heavy (non-hydrogen) atoms. The van der Waals surface area contributed by atoms with Crippen LogP contribution >= 0.6 is 0 Å². The summed E-state index contributed by atoms with van der Waals surface area (Å²) in [7, 11) is 1.88. The van der Waals surface area contributed by atoms with Crippen LogP contribution in [0.2, 0.25) is 0 Å². The molecule has 6 heteroatoms. The Kier molecular flexibility index (Phi) is 3.70. The number of carbonyl (C=O) groups is 1. The minimum absolute atomic E-state index is 0.409. The van der Waals surface area contributed by atoms with Gasteiger partial charge in [-0.25, -0.2) is 0 Å². The molecule has 100 valence electrons. The average Bonchev–Trinajstić information content (AvgIpc) is 2.77. The molecule has 0 radical (unpaired) electrons. The second-order valence-corrected chi connectivity index (χ2v) is 4.37. The fourth-order valence-electron chi connectivity index (χ4n) is 1.86. The third-order valence-corrected chi connectivity index (χ3v) is 2.80. The molecule has 0 atom stereocenters. The van der Waals surface area contributed by atoms with E-state index < -0.39 is 5.91 Å². The highest BCUT2D eigenvalue weighted by atomic mass is 16.1. The standard InChI is InChI=1S/C13H17N5O/c1-18-8-9(7-17-18)4-5-16-12-3-2-10(14)6-11(12)13(15)19/h2-3,6-8,16H,4-5,14H2,1H3,(H2,15,19). The molecule has 1 amide bonds. The van der Waals surface area contributed by atoms with Gasteiger partial charge in [0, 0.05) is 31.2 Å². The van der Waals surface area contributed by atoms with Crippen molar-refractivity contribution in [2.75, 3.05) is 17.6 Å². The Labute approximate surface area is 111 Å². The molecular weight excluding hydrogens is 242 g/mol. The van der Waals surface area contributed by atoms with E-state index in [9.17, 15) is 4.79 Å². The molecule has 0 saturated heterocycles. The van der Waals surface area contributed by atoms with Crippen molar-refractivity contribution in [1.82, 2.24) is 9.78 Å². The van der Waals surface area contributed by atoms with Crippen molar-refractivity contribution >= 4 is 17.3 Å². The van der Waals surface area contributed by atoms with E-state index in [4.69, 9.17) is 11.5 Å². The van der Waals surface area contributed by atoms with Crippen molar-refractivity contribution in [2.24, 2.45) is 12.8 Å². The lowest BCUT2D eigenvalue weighted by Gasteiger charge is -2.10. The van der Waals surface area contributed by atoms with Crippen molar-refractivity contribution in [2.45, 2.75) is 6.42 Å². The number of amides is 1. The lowest BCUT2D eigenvalue weighted by molar-refractivity contribution is 0.100. The number of anilines is 2. The zero-order valence-corrected chi connectivity index (χ0v) is 10.8. The van der Waals surface area contributed by atoms with E-state index in [0.717, 1.165) is 12.0 Å². The Bertz CT molecular complexity index is 590. The van der Waals surface area contributed by atoms with Crippen molar-refractivity contribution in [3.05, 3.63) is 41.7 Å². The van der Waals surface area contributed by atoms with Crippen molar-refractivity contribution in [1.29, 1.82) is 0 Å². The number of nitrogens with one attached hydrogen (secondary N) is 1. The van der Waals surface area contributed by atoms with Crippen LogP contribution in [0.1, 0.15) is 15.9 Å². The van der Waals surface area contributed by atoms with Crippen LogP contribution in [0.15, 0.2) is 30.6 Å². The second kappa shape index (κ2) is 5.43. The number of rotatable bonds is 5. The first-order valence-corrected chi connectivity index (χ1v) is 5.97. The van der Waals surface area contributed by atoms with E-state index in [0.29, 0.717) is 23.5 Å². The summed E-state index contributed by atoms with van der Waals surface area (Å²) in [4.78, 5) is 11.3. The van der Waals surface area contributed by atoms with Crippen LogP contribution < -0.4 is 16.8 Å². The van der Waals surface area contributed by atoms with Crippen LogP contribution in [0, 0.1) is 0 Å². The Hall–Kier alpha value is -2.50. The zero-order valence-electron chi connectivity index (χ0n) is 10.8. The van der Waals surface area contributed by atoms with Gasteiger partial charge in [-0.05, 0) is 30.2 Å². The van der Waals surface area contributed by atoms with E-state index in [1.165, 1.54) is 0 Å². The van der Waals surface area contributed by atoms with Crippen LogP contribution in [0.25, 0.3) is 0 Å². The summed E-state index contributed by atoms with van der Waals surface area (Å²) < 4.78 is 1.76. The van der Waals surface area contributed by atoms with Gasteiger partial charge in [0.05, 0.1) is 11.8 Å². The van der Waals surface area contributed by atoms with Gasteiger partial charge in [-0.1, -0.05) is 0 Å². The van der Waals surface area contributed by atoms with Crippen LogP contribution in [-0.2, 0) is 13.5 Å². The number of nitrogens with two attached hydrogens (primary N) is 2. The molecule has 0 aliphatic rings. The fraction of sp³-hybridized carbons (Fsp3) is 0.231. The maximum atomic E-state index is 11.3. The summed E-state index contributed by atoms with van der Waals surface area (Å²) in [5.41, 5.74) is 13.7. The monoisotopic (exact) mass is 259 g/mol. The van der Waals surface area contributed by atoms with Crippen LogP contribution in [-0.4, -0.2) is 22.2 Å². The maximum Gasteiger partial charge on any atom is 0.250 e. The quantitative estimate of drug-likeness (QED) is 0.690. The SMILES string of the molecule is Cn1cc(CCNc2ccc(N)cc2C(N)=O)cn1. The van der Waals surface area contributed by atoms with Gasteiger partial charge >= 0.3 is 0 Å². The summed E-state index contributed by atoms with van der Waals surface area (Å²) >= 11 is 0. The Morgan fingerprint density at radius 2 is 2.26 bits per heavy atom. The summed E-state index contributed by atoms with van der Waals surface area (Å²) in [6, 6.07) is 5.08. The Morgan fingerprint density at radius 1 is 1.47 bits per heavy atom. The molecule has 0 aliphatic carbocycles. The third kappa shape index (κ3) is 3.25. The number of benzene rings is 1. The van der Waals surface area contributed by atoms with Gasteiger partial charge in [-0.2, -0.15) is 5.10 Å². The number of hydrogen-bond acceptors (Lipinski definition) is 4. The first-order chi connectivity index (χ1) is 9.06. The fourth-order valence-corrected chi connectivity index (χ4v) is 1.86. The topological polar surface area (TPSA) is 99.0 Å². The van der Waals surface area contributed by atoms with E-state index in [2.05, 4.69) is 10.4 Å². The minimum Gasteiger partial charge on any atom is -0.399 e. The molecule has 0 unspecified atom stereocenters. The number of nitrogen functional groups attached to an aromatic ring is 1. The number of primary amides is 1. The minimum atomic E-state index is -0.490. The van der Waals surface area contributed by atoms with E-state index in [-0.39, 0.29) is 0 Å². The first kappa shape index (κ1) is 12.9. The van der Waals surface area contributed by atoms with Gasteiger partial charge in [-0.15, -0.1) is 0 Å². The van der Waals surface area contributed by atoms with Gasteiger partial charge in [0.1, 0.15) is 0 Å². The van der Waals surface area contributed by atoms with Crippen LogP contribution in [0.4, 0.5) is 11.4 Å². The smallest absolute Gasteiger partial charge is 0.250 e. The highest BCUT2D eigenvalue weighted by Crippen LogP contribution is 2.18. The molecule has 1 aromatic carbocycles. The van der Waals surface area contributed by atoms with Gasteiger partial charge in [0.2, 0.25) is 0 Å². The first-order valence-electron chi connectivity index (χ1n) is 5.97. The summed E-state index contributed by atoms with van der Waals surface area (Å²) in [5, 5.41) is 7.28. The van der Waals surface area contributed by atoms with Crippen molar-refractivity contribution in [3.63, 3.8) is 0 Å². The number of hydrogen-bond donors (Lipinski definition) is 3. The lowest BCUT2D eigenvalue weighted by Crippen LogP contribution is -2.16. The van der Waals surface area contributed by atoms with Gasteiger partial charge < -0.3 is 16.8 Å². The van der Waals surface area contributed by atoms with E-state index in [1.807, 2.05) is 19.4 Å². The molecule has 1 aromatic heterocycles. The lowest BCUT2D eigenvalue weighted by atomic mass is 10.1. The van der Waals surface area contributed by atoms with Gasteiger partial charge in [-0.3, -0.25) is 9.48 Å². The maximum absolute atomic E-state index is 11.3. The predicted octanol–water partition coefficient (Wildman–Crippen LogP) is 0.756. The number of carbonyl (C=O) groups excluding carboxylic acids is 1. The molecule has 6 nitrogen and oxygen atoms in total. The Morgan fingerprint density at radius 3 is 2.89 bits per heavy atom. The van der Waals surface area contributed by atoms with Crippen molar-refractivity contribution in [3.8, 4) is 0 Å². The highest BCUT2D eigenvalue weighted by Gasteiger charge is 2.08. The van der Waals surface area contributed by atoms with Gasteiger partial charge in [0.15, 0.2) is 0 Å². The number of nitrogens with zero attached hydrogens (tertiary/aromatic N) is 2. The normalized spacial score (nSPS) is 10.4. The molecule has 0 saturated carbocycles. The van der Waals surface area contributed by atoms with E-state index >= 15 is 0 Å². The number of aryl methyl sites for hydroxylation is 1. The molecule has 1 heterocycles. The predicted molar refractivity (Wildman–Crippen MR) is 74.8 cm³/mol. The summed E-state index contributed by atoms with van der Waals surface area (Å²) in [6.07, 6.45) is 4.59. The summed E-state index contributed by atoms with van der Waals surface area (Å²) in [6.45, 7) is 0.690.